The van der Waals surface area contributed by atoms with Gasteiger partial charge in [-0.2, -0.15) is 0 Å². The second-order valence-corrected chi connectivity index (χ2v) is 5.74. The van der Waals surface area contributed by atoms with Crippen molar-refractivity contribution in [3.63, 3.8) is 0 Å². The number of amides is 1. The summed E-state index contributed by atoms with van der Waals surface area (Å²) in [5.41, 5.74) is 19.0. The number of hydrogen-bond acceptors (Lipinski definition) is 4. The number of carbonyl (C=O) groups is 1. The van der Waals surface area contributed by atoms with Gasteiger partial charge in [0.2, 0.25) is 0 Å². The Kier molecular flexibility index (Phi) is 6.16. The van der Waals surface area contributed by atoms with E-state index < -0.39 is 12.3 Å². The van der Waals surface area contributed by atoms with Crippen LogP contribution < -0.4 is 22.5 Å². The highest BCUT2D eigenvalue weighted by atomic mass is 19.3. The standard InChI is InChI=1S/C19H22F2N4O/c1-2-10-25-19(26)17(24)16(23)14-9-5-8-12(15(14)22)11-6-3-4-7-13(11)18(20)21/h3-9,18H,2,10,22-24H2,1H3,(H,25,26)/b17-16+. The van der Waals surface area contributed by atoms with Crippen LogP contribution in [0.15, 0.2) is 48.2 Å². The third-order valence-electron chi connectivity index (χ3n) is 3.95. The fourth-order valence-electron chi connectivity index (χ4n) is 2.57. The van der Waals surface area contributed by atoms with Gasteiger partial charge in [-0.3, -0.25) is 4.79 Å². The number of nitrogen functional groups attached to an aromatic ring is 1. The van der Waals surface area contributed by atoms with Crippen LogP contribution in [0.25, 0.3) is 16.8 Å². The predicted molar refractivity (Wildman–Crippen MR) is 99.8 cm³/mol. The fourth-order valence-corrected chi connectivity index (χ4v) is 2.57. The third kappa shape index (κ3) is 3.93. The first-order valence-corrected chi connectivity index (χ1v) is 8.18. The van der Waals surface area contributed by atoms with Crippen LogP contribution in [0.3, 0.4) is 0 Å². The highest BCUT2D eigenvalue weighted by Crippen LogP contribution is 2.36. The van der Waals surface area contributed by atoms with Crippen molar-refractivity contribution < 1.29 is 13.6 Å². The van der Waals surface area contributed by atoms with Gasteiger partial charge in [-0.1, -0.05) is 49.4 Å². The summed E-state index contributed by atoms with van der Waals surface area (Å²) < 4.78 is 26.6. The van der Waals surface area contributed by atoms with Gasteiger partial charge >= 0.3 is 0 Å². The molecule has 5 nitrogen and oxygen atoms in total. The molecular formula is C19H22F2N4O. The molecule has 0 atom stereocenters. The lowest BCUT2D eigenvalue weighted by Gasteiger charge is -2.15. The summed E-state index contributed by atoms with van der Waals surface area (Å²) in [7, 11) is 0. The zero-order valence-corrected chi connectivity index (χ0v) is 14.4. The molecule has 26 heavy (non-hydrogen) atoms. The molecule has 0 saturated heterocycles. The smallest absolute Gasteiger partial charge is 0.269 e. The van der Waals surface area contributed by atoms with E-state index in [-0.39, 0.29) is 22.6 Å². The van der Waals surface area contributed by atoms with E-state index in [9.17, 15) is 13.6 Å². The molecule has 2 aromatic carbocycles. The molecule has 2 rings (SSSR count). The van der Waals surface area contributed by atoms with E-state index in [1.165, 1.54) is 12.1 Å². The van der Waals surface area contributed by atoms with E-state index in [1.54, 1.807) is 30.3 Å². The molecule has 0 bridgehead atoms. The van der Waals surface area contributed by atoms with Gasteiger partial charge in [0, 0.05) is 28.9 Å². The van der Waals surface area contributed by atoms with Crippen molar-refractivity contribution in [1.82, 2.24) is 5.32 Å². The molecular weight excluding hydrogens is 338 g/mol. The number of carbonyl (C=O) groups excluding carboxylic acids is 1. The van der Waals surface area contributed by atoms with Crippen LogP contribution in [0.1, 0.15) is 30.9 Å². The zero-order valence-electron chi connectivity index (χ0n) is 14.4. The number of benzene rings is 2. The maximum absolute atomic E-state index is 13.3. The van der Waals surface area contributed by atoms with Crippen LogP contribution in [0.5, 0.6) is 0 Å². The zero-order chi connectivity index (χ0) is 19.3. The van der Waals surface area contributed by atoms with Crippen molar-refractivity contribution in [2.45, 2.75) is 19.8 Å². The molecule has 0 aliphatic heterocycles. The maximum Gasteiger partial charge on any atom is 0.269 e. The van der Waals surface area contributed by atoms with Crippen molar-refractivity contribution in [3.8, 4) is 11.1 Å². The minimum absolute atomic E-state index is 0.00693. The monoisotopic (exact) mass is 360 g/mol. The summed E-state index contributed by atoms with van der Waals surface area (Å²) in [6.45, 7) is 2.37. The Morgan fingerprint density at radius 3 is 2.38 bits per heavy atom. The van der Waals surface area contributed by atoms with E-state index in [0.717, 1.165) is 6.42 Å². The van der Waals surface area contributed by atoms with E-state index >= 15 is 0 Å². The first-order valence-electron chi connectivity index (χ1n) is 8.18. The fraction of sp³-hybridized carbons (Fsp3) is 0.211. The molecule has 138 valence electrons. The summed E-state index contributed by atoms with van der Waals surface area (Å²) in [5.74, 6) is -0.498. The summed E-state index contributed by atoms with van der Waals surface area (Å²) in [6, 6.07) is 11.0. The van der Waals surface area contributed by atoms with Gasteiger partial charge in [-0.25, -0.2) is 8.78 Å². The molecule has 0 unspecified atom stereocenters. The normalized spacial score (nSPS) is 12.0. The summed E-state index contributed by atoms with van der Waals surface area (Å²) >= 11 is 0. The lowest BCUT2D eigenvalue weighted by atomic mass is 9.95. The molecule has 0 aliphatic rings. The Balaban J connectivity index is 2.53. The molecule has 0 spiro atoms. The minimum atomic E-state index is -2.65. The number of anilines is 1. The quantitative estimate of drug-likeness (QED) is 0.469. The van der Waals surface area contributed by atoms with E-state index in [1.807, 2.05) is 6.92 Å². The third-order valence-corrected chi connectivity index (χ3v) is 3.95. The van der Waals surface area contributed by atoms with Gasteiger partial charge in [-0.05, 0) is 12.0 Å². The Morgan fingerprint density at radius 2 is 1.73 bits per heavy atom. The Morgan fingerprint density at radius 1 is 1.08 bits per heavy atom. The molecule has 7 heteroatoms. The van der Waals surface area contributed by atoms with Crippen LogP contribution in [0.4, 0.5) is 14.5 Å². The molecule has 2 aromatic rings. The van der Waals surface area contributed by atoms with E-state index in [0.29, 0.717) is 23.2 Å². The molecule has 7 N–H and O–H groups in total. The number of nitrogens with two attached hydrogens (primary N) is 3. The number of para-hydroxylation sites is 1. The van der Waals surface area contributed by atoms with Crippen LogP contribution >= 0.6 is 0 Å². The molecule has 0 fully saturated rings. The topological polar surface area (TPSA) is 107 Å². The first-order chi connectivity index (χ1) is 12.4. The highest BCUT2D eigenvalue weighted by molar-refractivity contribution is 6.01. The van der Waals surface area contributed by atoms with Crippen molar-refractivity contribution in [1.29, 1.82) is 0 Å². The van der Waals surface area contributed by atoms with Gasteiger partial charge in [0.15, 0.2) is 0 Å². The number of rotatable bonds is 6. The maximum atomic E-state index is 13.3. The average Bonchev–Trinajstić information content (AvgIpc) is 2.65. The van der Waals surface area contributed by atoms with Gasteiger partial charge in [0.05, 0.1) is 5.70 Å². The molecule has 0 heterocycles. The Labute approximate surface area is 150 Å². The van der Waals surface area contributed by atoms with Gasteiger partial charge < -0.3 is 22.5 Å². The highest BCUT2D eigenvalue weighted by Gasteiger charge is 2.18. The van der Waals surface area contributed by atoms with Gasteiger partial charge in [-0.15, -0.1) is 0 Å². The second-order valence-electron chi connectivity index (χ2n) is 5.74. The SMILES string of the molecule is CCCNC(=O)/C(N)=C(\N)c1cccc(-c2ccccc2C(F)F)c1N. The van der Waals surface area contributed by atoms with Crippen molar-refractivity contribution in [3.05, 3.63) is 59.3 Å². The minimum Gasteiger partial charge on any atom is -0.398 e. The molecule has 1 amide bonds. The van der Waals surface area contributed by atoms with E-state index in [4.69, 9.17) is 17.2 Å². The van der Waals surface area contributed by atoms with Gasteiger partial charge in [0.1, 0.15) is 5.70 Å². The Bertz CT molecular complexity index is 834. The van der Waals surface area contributed by atoms with Crippen LogP contribution in [0, 0.1) is 0 Å². The summed E-state index contributed by atoms with van der Waals surface area (Å²) in [5, 5.41) is 2.63. The van der Waals surface area contributed by atoms with Crippen LogP contribution in [-0.4, -0.2) is 12.5 Å². The lowest BCUT2D eigenvalue weighted by Crippen LogP contribution is -2.31. The molecule has 0 radical (unpaired) electrons. The Hall–Kier alpha value is -3.09. The lowest BCUT2D eigenvalue weighted by molar-refractivity contribution is -0.117. The molecule has 0 aromatic heterocycles. The number of nitrogens with one attached hydrogen (secondary N) is 1. The number of halogens is 2. The van der Waals surface area contributed by atoms with Crippen LogP contribution in [-0.2, 0) is 4.79 Å². The largest absolute Gasteiger partial charge is 0.398 e. The van der Waals surface area contributed by atoms with Crippen molar-refractivity contribution >= 4 is 17.3 Å². The molecule has 0 saturated carbocycles. The van der Waals surface area contributed by atoms with Crippen molar-refractivity contribution in [2.75, 3.05) is 12.3 Å². The van der Waals surface area contributed by atoms with Crippen molar-refractivity contribution in [2.24, 2.45) is 11.5 Å². The first kappa shape index (κ1) is 19.2. The number of hydrogen-bond donors (Lipinski definition) is 4. The average molecular weight is 360 g/mol. The number of alkyl halides is 2. The van der Waals surface area contributed by atoms with Crippen LogP contribution in [0.2, 0.25) is 0 Å². The van der Waals surface area contributed by atoms with Gasteiger partial charge in [0.25, 0.3) is 12.3 Å². The molecule has 0 aliphatic carbocycles. The van der Waals surface area contributed by atoms with E-state index in [2.05, 4.69) is 5.32 Å². The summed E-state index contributed by atoms with van der Waals surface area (Å²) in [6.07, 6.45) is -1.90. The second kappa shape index (κ2) is 8.33. The summed E-state index contributed by atoms with van der Waals surface area (Å²) in [4.78, 5) is 12.0. The predicted octanol–water partition coefficient (Wildman–Crippen LogP) is 2.99.